The van der Waals surface area contributed by atoms with Gasteiger partial charge in [0.05, 0.1) is 5.41 Å². The Labute approximate surface area is 130 Å². The van der Waals surface area contributed by atoms with Crippen molar-refractivity contribution in [2.24, 2.45) is 0 Å². The highest BCUT2D eigenvalue weighted by Gasteiger charge is 2.05. The van der Waals surface area contributed by atoms with Gasteiger partial charge in [0.2, 0.25) is 0 Å². The van der Waals surface area contributed by atoms with Gasteiger partial charge in [0.15, 0.2) is 0 Å². The molecule has 21 heavy (non-hydrogen) atoms. The van der Waals surface area contributed by atoms with E-state index in [1.54, 1.807) is 36.4 Å². The Bertz CT molecular complexity index is 720. The molecule has 0 aromatic heterocycles. The summed E-state index contributed by atoms with van der Waals surface area (Å²) in [5.41, 5.74) is 2.48. The lowest BCUT2D eigenvalue weighted by molar-refractivity contribution is 0.609. The fourth-order valence-corrected chi connectivity index (χ4v) is 2.74. The smallest absolute Gasteiger partial charge is 0.255 e. The van der Waals surface area contributed by atoms with Gasteiger partial charge in [0, 0.05) is 10.7 Å². The second-order valence-corrected chi connectivity index (χ2v) is 6.55. The van der Waals surface area contributed by atoms with Crippen LogP contribution >= 0.6 is 11.6 Å². The van der Waals surface area contributed by atoms with Crippen LogP contribution in [0.2, 0.25) is 5.02 Å². The molecule has 0 aliphatic rings. The van der Waals surface area contributed by atoms with E-state index in [4.69, 9.17) is 11.6 Å². The Morgan fingerprint density at radius 2 is 1.67 bits per heavy atom. The van der Waals surface area contributed by atoms with Crippen molar-refractivity contribution in [3.8, 4) is 0 Å². The molecule has 0 amide bonds. The molecule has 0 spiro atoms. The van der Waals surface area contributed by atoms with Gasteiger partial charge in [0.25, 0.3) is 10.0 Å². The van der Waals surface area contributed by atoms with Gasteiger partial charge in [-0.2, -0.15) is 0 Å². The van der Waals surface area contributed by atoms with Crippen molar-refractivity contribution in [1.82, 2.24) is 0 Å². The van der Waals surface area contributed by atoms with Crippen molar-refractivity contribution < 1.29 is 8.42 Å². The number of hydrogen-bond donors (Lipinski definition) is 1. The molecule has 110 valence electrons. The number of nitrogens with one attached hydrogen (secondary N) is 1. The fourth-order valence-electron chi connectivity index (χ4n) is 1.75. The quantitative estimate of drug-likeness (QED) is 0.891. The van der Waals surface area contributed by atoms with Crippen LogP contribution in [0.1, 0.15) is 18.1 Å². The molecule has 0 atom stereocenters. The van der Waals surface area contributed by atoms with Crippen LogP contribution in [0.15, 0.2) is 53.9 Å². The molecule has 0 heterocycles. The van der Waals surface area contributed by atoms with E-state index in [1.807, 2.05) is 19.1 Å². The van der Waals surface area contributed by atoms with Gasteiger partial charge in [-0.1, -0.05) is 42.8 Å². The highest BCUT2D eigenvalue weighted by Crippen LogP contribution is 2.14. The molecular formula is C16H16ClNO2S. The van der Waals surface area contributed by atoms with E-state index in [2.05, 4.69) is 4.72 Å². The molecule has 0 aliphatic carbocycles. The molecule has 0 fully saturated rings. The minimum atomic E-state index is -3.53. The zero-order valence-electron chi connectivity index (χ0n) is 11.6. The summed E-state index contributed by atoms with van der Waals surface area (Å²) in [5, 5.41) is 1.76. The Kier molecular flexibility index (Phi) is 5.04. The molecule has 2 aromatic rings. The highest BCUT2D eigenvalue weighted by molar-refractivity contribution is 7.95. The molecular weight excluding hydrogens is 306 g/mol. The van der Waals surface area contributed by atoms with E-state index < -0.39 is 10.0 Å². The van der Waals surface area contributed by atoms with Gasteiger partial charge in [0.1, 0.15) is 0 Å². The van der Waals surface area contributed by atoms with Crippen LogP contribution in [0.3, 0.4) is 0 Å². The van der Waals surface area contributed by atoms with E-state index in [-0.39, 0.29) is 0 Å². The topological polar surface area (TPSA) is 46.2 Å². The summed E-state index contributed by atoms with van der Waals surface area (Å²) in [6.07, 6.45) is 2.45. The lowest BCUT2D eigenvalue weighted by Gasteiger charge is -2.05. The molecule has 2 rings (SSSR count). The van der Waals surface area contributed by atoms with Crippen molar-refractivity contribution in [3.05, 3.63) is 70.1 Å². The average molecular weight is 322 g/mol. The van der Waals surface area contributed by atoms with Gasteiger partial charge >= 0.3 is 0 Å². The number of halogens is 1. The van der Waals surface area contributed by atoms with Crippen molar-refractivity contribution in [2.75, 3.05) is 4.72 Å². The summed E-state index contributed by atoms with van der Waals surface area (Å²) in [7, 11) is -3.53. The summed E-state index contributed by atoms with van der Waals surface area (Å²) in [6.45, 7) is 2.05. The van der Waals surface area contributed by atoms with Crippen molar-refractivity contribution in [1.29, 1.82) is 0 Å². The van der Waals surface area contributed by atoms with Gasteiger partial charge in [-0.15, -0.1) is 0 Å². The molecule has 0 saturated heterocycles. The van der Waals surface area contributed by atoms with Crippen molar-refractivity contribution in [3.63, 3.8) is 0 Å². The SMILES string of the molecule is CCc1ccc(NS(=O)(=O)/C=C/c2ccc(Cl)cc2)cc1. The predicted octanol–water partition coefficient (Wildman–Crippen LogP) is 4.32. The van der Waals surface area contributed by atoms with Crippen LogP contribution in [-0.2, 0) is 16.4 Å². The fraction of sp³-hybridized carbons (Fsp3) is 0.125. The first kappa shape index (κ1) is 15.6. The third-order valence-corrected chi connectivity index (χ3v) is 4.20. The number of anilines is 1. The first-order chi connectivity index (χ1) is 9.98. The van der Waals surface area contributed by atoms with E-state index in [0.29, 0.717) is 10.7 Å². The lowest BCUT2D eigenvalue weighted by atomic mass is 10.2. The maximum Gasteiger partial charge on any atom is 0.255 e. The number of sulfonamides is 1. The van der Waals surface area contributed by atoms with Crippen molar-refractivity contribution >= 4 is 33.4 Å². The van der Waals surface area contributed by atoms with Gasteiger partial charge in [-0.05, 0) is 47.9 Å². The second kappa shape index (κ2) is 6.78. The summed E-state index contributed by atoms with van der Waals surface area (Å²) in [4.78, 5) is 0. The summed E-state index contributed by atoms with van der Waals surface area (Å²) in [6, 6.07) is 14.3. The minimum Gasteiger partial charge on any atom is -0.280 e. The van der Waals surface area contributed by atoms with Crippen LogP contribution in [0.4, 0.5) is 5.69 Å². The first-order valence-electron chi connectivity index (χ1n) is 6.54. The Morgan fingerprint density at radius 3 is 2.24 bits per heavy atom. The van der Waals surface area contributed by atoms with E-state index >= 15 is 0 Å². The number of benzene rings is 2. The largest absolute Gasteiger partial charge is 0.280 e. The zero-order valence-corrected chi connectivity index (χ0v) is 13.2. The Balaban J connectivity index is 2.08. The number of rotatable bonds is 5. The molecule has 0 radical (unpaired) electrons. The van der Waals surface area contributed by atoms with Crippen LogP contribution in [-0.4, -0.2) is 8.42 Å². The van der Waals surface area contributed by atoms with E-state index in [1.165, 1.54) is 6.08 Å². The molecule has 0 saturated carbocycles. The van der Waals surface area contributed by atoms with Crippen LogP contribution in [0.5, 0.6) is 0 Å². The first-order valence-corrected chi connectivity index (χ1v) is 8.46. The normalized spacial score (nSPS) is 11.7. The molecule has 5 heteroatoms. The lowest BCUT2D eigenvalue weighted by Crippen LogP contribution is -2.08. The average Bonchev–Trinajstić information content (AvgIpc) is 2.47. The zero-order chi connectivity index (χ0) is 15.3. The van der Waals surface area contributed by atoms with Gasteiger partial charge < -0.3 is 0 Å². The molecule has 1 N–H and O–H groups in total. The van der Waals surface area contributed by atoms with Crippen LogP contribution in [0, 0.1) is 0 Å². The third kappa shape index (κ3) is 4.92. The number of aryl methyl sites for hydroxylation is 1. The maximum atomic E-state index is 12.0. The Morgan fingerprint density at radius 1 is 1.05 bits per heavy atom. The second-order valence-electron chi connectivity index (χ2n) is 4.55. The summed E-state index contributed by atoms with van der Waals surface area (Å²) >= 11 is 5.78. The maximum absolute atomic E-state index is 12.0. The van der Waals surface area contributed by atoms with Crippen LogP contribution in [0.25, 0.3) is 6.08 Å². The molecule has 2 aromatic carbocycles. The highest BCUT2D eigenvalue weighted by atomic mass is 35.5. The van der Waals surface area contributed by atoms with Crippen LogP contribution < -0.4 is 4.72 Å². The van der Waals surface area contributed by atoms with Crippen molar-refractivity contribution in [2.45, 2.75) is 13.3 Å². The van der Waals surface area contributed by atoms with E-state index in [0.717, 1.165) is 23.0 Å². The standard InChI is InChI=1S/C16H16ClNO2S/c1-2-13-5-9-16(10-6-13)18-21(19,20)12-11-14-3-7-15(17)8-4-14/h3-12,18H,2H2,1H3/b12-11+. The Hall–Kier alpha value is -1.78. The predicted molar refractivity (Wildman–Crippen MR) is 88.8 cm³/mol. The molecule has 3 nitrogen and oxygen atoms in total. The third-order valence-electron chi connectivity index (χ3n) is 2.93. The molecule has 0 aliphatic heterocycles. The molecule has 0 unspecified atom stereocenters. The number of hydrogen-bond acceptors (Lipinski definition) is 2. The summed E-state index contributed by atoms with van der Waals surface area (Å²) in [5.74, 6) is 0. The monoisotopic (exact) mass is 321 g/mol. The van der Waals surface area contributed by atoms with Gasteiger partial charge in [-0.25, -0.2) is 8.42 Å². The summed E-state index contributed by atoms with van der Waals surface area (Å²) < 4.78 is 26.5. The molecule has 0 bridgehead atoms. The minimum absolute atomic E-state index is 0.549. The van der Waals surface area contributed by atoms with E-state index in [9.17, 15) is 8.42 Å². The van der Waals surface area contributed by atoms with Gasteiger partial charge in [-0.3, -0.25) is 4.72 Å².